The maximum absolute atomic E-state index is 6.56. The van der Waals surface area contributed by atoms with Gasteiger partial charge >= 0.3 is 0 Å². The predicted molar refractivity (Wildman–Crippen MR) is 84.5 cm³/mol. The van der Waals surface area contributed by atoms with Crippen LogP contribution in [0.25, 0.3) is 0 Å². The molecule has 0 spiro atoms. The summed E-state index contributed by atoms with van der Waals surface area (Å²) in [6.45, 7) is 2.55. The van der Waals surface area contributed by atoms with Crippen LogP contribution >= 0.6 is 39.1 Å². The molecule has 0 aliphatic carbocycles. The SMILES string of the molecule is CCOc1ccc(Br)cc1C(Cl)c1ccccc1Cl. The summed E-state index contributed by atoms with van der Waals surface area (Å²) >= 11 is 16.2. The molecule has 2 rings (SSSR count). The Morgan fingerprint density at radius 3 is 2.58 bits per heavy atom. The van der Waals surface area contributed by atoms with E-state index < -0.39 is 0 Å². The molecule has 0 aromatic heterocycles. The number of benzene rings is 2. The van der Waals surface area contributed by atoms with Crippen LogP contribution in [0.2, 0.25) is 5.02 Å². The number of hydrogen-bond acceptors (Lipinski definition) is 1. The Hall–Kier alpha value is -0.700. The Labute approximate surface area is 131 Å². The average molecular weight is 360 g/mol. The summed E-state index contributed by atoms with van der Waals surface area (Å²) in [6, 6.07) is 13.4. The normalized spacial score (nSPS) is 12.2. The molecule has 1 nitrogen and oxygen atoms in total. The Morgan fingerprint density at radius 2 is 1.89 bits per heavy atom. The highest BCUT2D eigenvalue weighted by Crippen LogP contribution is 2.39. The van der Waals surface area contributed by atoms with Crippen molar-refractivity contribution in [1.29, 1.82) is 0 Å². The second-order valence-corrected chi connectivity index (χ2v) is 5.76. The molecule has 19 heavy (non-hydrogen) atoms. The summed E-state index contributed by atoms with van der Waals surface area (Å²) in [6.07, 6.45) is 0. The van der Waals surface area contributed by atoms with E-state index in [1.807, 2.05) is 49.4 Å². The van der Waals surface area contributed by atoms with Gasteiger partial charge in [0, 0.05) is 15.1 Å². The maximum atomic E-state index is 6.56. The van der Waals surface area contributed by atoms with Crippen LogP contribution in [-0.2, 0) is 0 Å². The van der Waals surface area contributed by atoms with Crippen molar-refractivity contribution >= 4 is 39.1 Å². The third-order valence-electron chi connectivity index (χ3n) is 2.72. The average Bonchev–Trinajstić information content (AvgIpc) is 2.41. The van der Waals surface area contributed by atoms with E-state index in [0.717, 1.165) is 21.3 Å². The van der Waals surface area contributed by atoms with Gasteiger partial charge in [0.15, 0.2) is 0 Å². The third-order valence-corrected chi connectivity index (χ3v) is 4.03. The van der Waals surface area contributed by atoms with Crippen molar-refractivity contribution in [3.05, 3.63) is 63.1 Å². The molecule has 1 unspecified atom stereocenters. The molecule has 2 aromatic rings. The van der Waals surface area contributed by atoms with Gasteiger partial charge in [-0.15, -0.1) is 11.6 Å². The monoisotopic (exact) mass is 358 g/mol. The van der Waals surface area contributed by atoms with E-state index in [2.05, 4.69) is 15.9 Å². The number of alkyl halides is 1. The molecule has 0 bridgehead atoms. The minimum atomic E-state index is -0.340. The Bertz CT molecular complexity index is 572. The standard InChI is InChI=1S/C15H13BrCl2O/c1-2-19-14-8-7-10(16)9-12(14)15(18)11-5-3-4-6-13(11)17/h3-9,15H,2H2,1H3. The van der Waals surface area contributed by atoms with Crippen molar-refractivity contribution in [2.24, 2.45) is 0 Å². The number of rotatable bonds is 4. The lowest BCUT2D eigenvalue weighted by Gasteiger charge is -2.16. The molecule has 0 heterocycles. The molecule has 1 atom stereocenters. The summed E-state index contributed by atoms with van der Waals surface area (Å²) in [5.41, 5.74) is 1.79. The zero-order chi connectivity index (χ0) is 13.8. The van der Waals surface area contributed by atoms with E-state index in [1.54, 1.807) is 0 Å². The van der Waals surface area contributed by atoms with Crippen molar-refractivity contribution in [1.82, 2.24) is 0 Å². The first-order chi connectivity index (χ1) is 9.13. The lowest BCUT2D eigenvalue weighted by atomic mass is 10.0. The second kappa shape index (κ2) is 6.65. The van der Waals surface area contributed by atoms with Crippen LogP contribution in [0.3, 0.4) is 0 Å². The molecular formula is C15H13BrCl2O. The van der Waals surface area contributed by atoms with Gasteiger partial charge < -0.3 is 4.74 Å². The molecule has 4 heteroatoms. The Balaban J connectivity index is 2.45. The first kappa shape index (κ1) is 14.7. The smallest absolute Gasteiger partial charge is 0.124 e. The van der Waals surface area contributed by atoms with E-state index in [0.29, 0.717) is 11.6 Å². The van der Waals surface area contributed by atoms with Gasteiger partial charge in [0.1, 0.15) is 5.75 Å². The highest BCUT2D eigenvalue weighted by Gasteiger charge is 2.18. The number of halogens is 3. The van der Waals surface area contributed by atoms with Crippen LogP contribution in [0.5, 0.6) is 5.75 Å². The van der Waals surface area contributed by atoms with Crippen LogP contribution in [-0.4, -0.2) is 6.61 Å². The van der Waals surface area contributed by atoms with Gasteiger partial charge in [0.2, 0.25) is 0 Å². The van der Waals surface area contributed by atoms with Crippen molar-refractivity contribution < 1.29 is 4.74 Å². The zero-order valence-electron chi connectivity index (χ0n) is 10.4. The quantitative estimate of drug-likeness (QED) is 0.624. The molecule has 0 amide bonds. The molecule has 0 fully saturated rings. The van der Waals surface area contributed by atoms with E-state index in [9.17, 15) is 0 Å². The van der Waals surface area contributed by atoms with E-state index in [4.69, 9.17) is 27.9 Å². The van der Waals surface area contributed by atoms with Crippen LogP contribution in [0.1, 0.15) is 23.4 Å². The number of hydrogen-bond donors (Lipinski definition) is 0. The van der Waals surface area contributed by atoms with Gasteiger partial charge in [-0.25, -0.2) is 0 Å². The van der Waals surface area contributed by atoms with Gasteiger partial charge in [-0.05, 0) is 36.8 Å². The Kier molecular flexibility index (Phi) is 5.14. The molecular weight excluding hydrogens is 347 g/mol. The van der Waals surface area contributed by atoms with Gasteiger partial charge in [0.25, 0.3) is 0 Å². The summed E-state index contributed by atoms with van der Waals surface area (Å²) in [5, 5.41) is 0.317. The fourth-order valence-corrected chi connectivity index (χ4v) is 2.89. The van der Waals surface area contributed by atoms with Crippen molar-refractivity contribution in [2.75, 3.05) is 6.61 Å². The minimum Gasteiger partial charge on any atom is -0.494 e. The zero-order valence-corrected chi connectivity index (χ0v) is 13.5. The summed E-state index contributed by atoms with van der Waals surface area (Å²) in [5.74, 6) is 0.783. The van der Waals surface area contributed by atoms with Crippen LogP contribution in [0, 0.1) is 0 Å². The molecule has 0 radical (unpaired) electrons. The van der Waals surface area contributed by atoms with Crippen LogP contribution < -0.4 is 4.74 Å². The first-order valence-electron chi connectivity index (χ1n) is 5.94. The molecule has 0 aliphatic rings. The van der Waals surface area contributed by atoms with E-state index in [-0.39, 0.29) is 5.38 Å². The highest BCUT2D eigenvalue weighted by molar-refractivity contribution is 9.10. The first-order valence-corrected chi connectivity index (χ1v) is 7.55. The Morgan fingerprint density at radius 1 is 1.16 bits per heavy atom. The van der Waals surface area contributed by atoms with Gasteiger partial charge in [0.05, 0.1) is 12.0 Å². The van der Waals surface area contributed by atoms with Gasteiger partial charge in [-0.1, -0.05) is 45.7 Å². The highest BCUT2D eigenvalue weighted by atomic mass is 79.9. The largest absolute Gasteiger partial charge is 0.494 e. The lowest BCUT2D eigenvalue weighted by molar-refractivity contribution is 0.337. The molecule has 0 saturated carbocycles. The molecule has 2 aromatic carbocycles. The van der Waals surface area contributed by atoms with E-state index in [1.165, 1.54) is 0 Å². The lowest BCUT2D eigenvalue weighted by Crippen LogP contribution is -2.00. The van der Waals surface area contributed by atoms with E-state index >= 15 is 0 Å². The maximum Gasteiger partial charge on any atom is 0.124 e. The summed E-state index contributed by atoms with van der Waals surface area (Å²) in [7, 11) is 0. The fraction of sp³-hybridized carbons (Fsp3) is 0.200. The van der Waals surface area contributed by atoms with Crippen molar-refractivity contribution in [3.63, 3.8) is 0 Å². The van der Waals surface area contributed by atoms with Crippen molar-refractivity contribution in [3.8, 4) is 5.75 Å². The van der Waals surface area contributed by atoms with Crippen LogP contribution in [0.15, 0.2) is 46.9 Å². The molecule has 100 valence electrons. The molecule has 0 N–H and O–H groups in total. The summed E-state index contributed by atoms with van der Waals surface area (Å²) < 4.78 is 6.59. The minimum absolute atomic E-state index is 0.340. The van der Waals surface area contributed by atoms with Gasteiger partial charge in [-0.2, -0.15) is 0 Å². The van der Waals surface area contributed by atoms with Crippen LogP contribution in [0.4, 0.5) is 0 Å². The number of ether oxygens (including phenoxy) is 1. The van der Waals surface area contributed by atoms with Gasteiger partial charge in [-0.3, -0.25) is 0 Å². The predicted octanol–water partition coefficient (Wildman–Crippen LogP) is 5.83. The third kappa shape index (κ3) is 3.44. The topological polar surface area (TPSA) is 9.23 Å². The fourth-order valence-electron chi connectivity index (χ4n) is 1.85. The molecule has 0 aliphatic heterocycles. The molecule has 0 saturated heterocycles. The van der Waals surface area contributed by atoms with Crippen molar-refractivity contribution in [2.45, 2.75) is 12.3 Å². The summed E-state index contributed by atoms with van der Waals surface area (Å²) in [4.78, 5) is 0. The second-order valence-electron chi connectivity index (χ2n) is 4.00.